The van der Waals surface area contributed by atoms with Gasteiger partial charge in [-0.3, -0.25) is 4.79 Å². The lowest BCUT2D eigenvalue weighted by Crippen LogP contribution is -2.26. The van der Waals surface area contributed by atoms with Crippen LogP contribution in [-0.2, 0) is 9.53 Å². The van der Waals surface area contributed by atoms with Crippen LogP contribution in [0, 0.1) is 17.3 Å². The van der Waals surface area contributed by atoms with Crippen molar-refractivity contribution in [2.24, 2.45) is 17.3 Å². The van der Waals surface area contributed by atoms with Gasteiger partial charge >= 0.3 is 5.97 Å². The highest BCUT2D eigenvalue weighted by Crippen LogP contribution is 2.62. The van der Waals surface area contributed by atoms with E-state index >= 15 is 0 Å². The molecule has 1 aliphatic heterocycles. The summed E-state index contributed by atoms with van der Waals surface area (Å²) in [4.78, 5) is 11.1. The Labute approximate surface area is 66.9 Å². The summed E-state index contributed by atoms with van der Waals surface area (Å²) in [7, 11) is 0. The van der Waals surface area contributed by atoms with Gasteiger partial charge in [-0.25, -0.2) is 0 Å². The van der Waals surface area contributed by atoms with Gasteiger partial charge in [-0.15, -0.1) is 0 Å². The van der Waals surface area contributed by atoms with Gasteiger partial charge in [0.1, 0.15) is 0 Å². The third-order valence-corrected chi connectivity index (χ3v) is 3.36. The highest BCUT2D eigenvalue weighted by molar-refractivity contribution is 5.78. The van der Waals surface area contributed by atoms with E-state index < -0.39 is 0 Å². The maximum absolute atomic E-state index is 11.1. The first-order valence-corrected chi connectivity index (χ1v) is 4.33. The van der Waals surface area contributed by atoms with Crippen molar-refractivity contribution in [3.63, 3.8) is 0 Å². The molecule has 1 aliphatic carbocycles. The summed E-state index contributed by atoms with van der Waals surface area (Å²) >= 11 is 0. The Hall–Kier alpha value is -0.530. The van der Waals surface area contributed by atoms with Gasteiger partial charge < -0.3 is 4.74 Å². The molecule has 1 unspecified atom stereocenters. The zero-order chi connectivity index (χ0) is 8.06. The van der Waals surface area contributed by atoms with Crippen LogP contribution in [0.1, 0.15) is 26.7 Å². The standard InChI is InChI=1S/C9H14O2/c1-6(2)9-3-4-11-8(10)7(9)5-9/h6-7H,3-5H2,1-2H3/t7-,9?/m1/s1. The Bertz CT molecular complexity index is 198. The molecule has 2 rings (SSSR count). The van der Waals surface area contributed by atoms with E-state index in [0.717, 1.165) is 12.8 Å². The molecule has 0 spiro atoms. The number of cyclic esters (lactones) is 1. The SMILES string of the molecule is CC(C)C12CCOC(=O)[C@H]1C2. The molecule has 0 radical (unpaired) electrons. The number of ether oxygens (including phenoxy) is 1. The van der Waals surface area contributed by atoms with Crippen LogP contribution < -0.4 is 0 Å². The van der Waals surface area contributed by atoms with E-state index in [4.69, 9.17) is 4.74 Å². The average Bonchev–Trinajstić information content (AvgIpc) is 2.64. The molecule has 2 aliphatic rings. The predicted octanol–water partition coefficient (Wildman–Crippen LogP) is 1.60. The summed E-state index contributed by atoms with van der Waals surface area (Å²) in [5, 5.41) is 0. The Balaban J connectivity index is 2.14. The topological polar surface area (TPSA) is 26.3 Å². The van der Waals surface area contributed by atoms with E-state index in [1.807, 2.05) is 0 Å². The molecule has 1 saturated carbocycles. The molecule has 0 aromatic heterocycles. The first kappa shape index (κ1) is 7.14. The van der Waals surface area contributed by atoms with E-state index in [1.54, 1.807) is 0 Å². The van der Waals surface area contributed by atoms with Gasteiger partial charge in [0.2, 0.25) is 0 Å². The molecule has 11 heavy (non-hydrogen) atoms. The fraction of sp³-hybridized carbons (Fsp3) is 0.889. The van der Waals surface area contributed by atoms with Crippen LogP contribution in [-0.4, -0.2) is 12.6 Å². The summed E-state index contributed by atoms with van der Waals surface area (Å²) in [5.74, 6) is 0.932. The van der Waals surface area contributed by atoms with Gasteiger partial charge in [-0.2, -0.15) is 0 Å². The first-order chi connectivity index (χ1) is 5.17. The van der Waals surface area contributed by atoms with Crippen molar-refractivity contribution < 1.29 is 9.53 Å². The Morgan fingerprint density at radius 1 is 1.64 bits per heavy atom. The van der Waals surface area contributed by atoms with Crippen LogP contribution in [0.3, 0.4) is 0 Å². The molecular weight excluding hydrogens is 140 g/mol. The van der Waals surface area contributed by atoms with Crippen molar-refractivity contribution in [2.75, 3.05) is 6.61 Å². The van der Waals surface area contributed by atoms with E-state index in [0.29, 0.717) is 17.9 Å². The van der Waals surface area contributed by atoms with E-state index in [2.05, 4.69) is 13.8 Å². The average molecular weight is 154 g/mol. The Morgan fingerprint density at radius 2 is 2.36 bits per heavy atom. The zero-order valence-corrected chi connectivity index (χ0v) is 7.09. The zero-order valence-electron chi connectivity index (χ0n) is 7.09. The molecule has 2 atom stereocenters. The second kappa shape index (κ2) is 1.99. The quantitative estimate of drug-likeness (QED) is 0.536. The number of hydrogen-bond donors (Lipinski definition) is 0. The van der Waals surface area contributed by atoms with E-state index in [-0.39, 0.29) is 11.9 Å². The number of hydrogen-bond acceptors (Lipinski definition) is 2. The fourth-order valence-electron chi connectivity index (χ4n) is 2.28. The lowest BCUT2D eigenvalue weighted by Gasteiger charge is -2.24. The van der Waals surface area contributed by atoms with Gasteiger partial charge in [-0.05, 0) is 24.2 Å². The summed E-state index contributed by atoms with van der Waals surface area (Å²) in [5.41, 5.74) is 0.343. The van der Waals surface area contributed by atoms with E-state index in [9.17, 15) is 4.79 Å². The van der Waals surface area contributed by atoms with Crippen molar-refractivity contribution in [1.82, 2.24) is 0 Å². The second-order valence-corrected chi connectivity index (χ2v) is 4.06. The molecule has 1 heterocycles. The smallest absolute Gasteiger partial charge is 0.309 e. The summed E-state index contributed by atoms with van der Waals surface area (Å²) < 4.78 is 4.97. The van der Waals surface area contributed by atoms with E-state index in [1.165, 1.54) is 0 Å². The molecule has 1 saturated heterocycles. The molecule has 2 fully saturated rings. The Morgan fingerprint density at radius 3 is 2.91 bits per heavy atom. The van der Waals surface area contributed by atoms with Crippen LogP contribution in [0.2, 0.25) is 0 Å². The second-order valence-electron chi connectivity index (χ2n) is 4.06. The number of carbonyl (C=O) groups is 1. The summed E-state index contributed by atoms with van der Waals surface area (Å²) in [6, 6.07) is 0. The minimum atomic E-state index is 0.0463. The number of esters is 1. The van der Waals surface area contributed by atoms with Gasteiger partial charge in [0.05, 0.1) is 12.5 Å². The molecule has 0 bridgehead atoms. The van der Waals surface area contributed by atoms with Crippen molar-refractivity contribution in [2.45, 2.75) is 26.7 Å². The highest BCUT2D eigenvalue weighted by atomic mass is 16.5. The largest absolute Gasteiger partial charge is 0.465 e. The third-order valence-electron chi connectivity index (χ3n) is 3.36. The number of carbonyl (C=O) groups excluding carboxylic acids is 1. The van der Waals surface area contributed by atoms with Crippen LogP contribution in [0.4, 0.5) is 0 Å². The normalized spacial score (nSPS) is 41.7. The predicted molar refractivity (Wildman–Crippen MR) is 41.0 cm³/mol. The monoisotopic (exact) mass is 154 g/mol. The molecule has 0 amide bonds. The summed E-state index contributed by atoms with van der Waals surface area (Å²) in [6.07, 6.45) is 2.16. The van der Waals surface area contributed by atoms with Crippen molar-refractivity contribution in [3.8, 4) is 0 Å². The van der Waals surface area contributed by atoms with Crippen LogP contribution in [0.15, 0.2) is 0 Å². The molecule has 2 heteroatoms. The maximum atomic E-state index is 11.1. The van der Waals surface area contributed by atoms with Crippen molar-refractivity contribution in [1.29, 1.82) is 0 Å². The number of rotatable bonds is 1. The highest BCUT2D eigenvalue weighted by Gasteiger charge is 2.62. The summed E-state index contributed by atoms with van der Waals surface area (Å²) in [6.45, 7) is 5.06. The molecule has 62 valence electrons. The van der Waals surface area contributed by atoms with Gasteiger partial charge in [0.25, 0.3) is 0 Å². The van der Waals surface area contributed by atoms with Crippen LogP contribution in [0.25, 0.3) is 0 Å². The molecule has 0 N–H and O–H groups in total. The Kier molecular flexibility index (Phi) is 1.29. The lowest BCUT2D eigenvalue weighted by molar-refractivity contribution is -0.151. The van der Waals surface area contributed by atoms with Crippen molar-refractivity contribution in [3.05, 3.63) is 0 Å². The molecule has 0 aromatic carbocycles. The van der Waals surface area contributed by atoms with Crippen LogP contribution in [0.5, 0.6) is 0 Å². The first-order valence-electron chi connectivity index (χ1n) is 4.33. The fourth-order valence-corrected chi connectivity index (χ4v) is 2.28. The van der Waals surface area contributed by atoms with Gasteiger partial charge in [0, 0.05) is 0 Å². The van der Waals surface area contributed by atoms with Gasteiger partial charge in [0.15, 0.2) is 0 Å². The third kappa shape index (κ3) is 0.815. The molecule has 2 nitrogen and oxygen atoms in total. The minimum absolute atomic E-state index is 0.0463. The lowest BCUT2D eigenvalue weighted by atomic mass is 9.86. The minimum Gasteiger partial charge on any atom is -0.465 e. The molecule has 0 aromatic rings. The number of fused-ring (bicyclic) bond motifs is 1. The maximum Gasteiger partial charge on any atom is 0.309 e. The van der Waals surface area contributed by atoms with Crippen molar-refractivity contribution >= 4 is 5.97 Å². The van der Waals surface area contributed by atoms with Crippen LogP contribution >= 0.6 is 0 Å². The van der Waals surface area contributed by atoms with Gasteiger partial charge in [-0.1, -0.05) is 13.8 Å². The molecular formula is C9H14O2.